The number of aliphatic hydroxyl groups is 4. The van der Waals surface area contributed by atoms with Gasteiger partial charge in [0.1, 0.15) is 35.9 Å². The maximum Gasteiger partial charge on any atom is 0.307 e. The van der Waals surface area contributed by atoms with Crippen LogP contribution in [0.15, 0.2) is 18.2 Å². The number of carbonyl (C=O) groups is 1. The van der Waals surface area contributed by atoms with E-state index >= 15 is 0 Å². The summed E-state index contributed by atoms with van der Waals surface area (Å²) in [6.45, 7) is -0.609. The number of ether oxygens (including phenoxy) is 2. The fourth-order valence-corrected chi connectivity index (χ4v) is 2.27. The first-order valence-corrected chi connectivity index (χ1v) is 6.84. The van der Waals surface area contributed by atoms with E-state index in [1.807, 2.05) is 0 Å². The molecule has 0 bridgehead atoms. The molecule has 1 heterocycles. The van der Waals surface area contributed by atoms with Gasteiger partial charge in [-0.25, -0.2) is 0 Å². The molecule has 0 spiro atoms. The average Bonchev–Trinajstić information content (AvgIpc) is 2.49. The van der Waals surface area contributed by atoms with Crippen molar-refractivity contribution in [3.63, 3.8) is 0 Å². The zero-order chi connectivity index (χ0) is 17.1. The molecule has 5 atom stereocenters. The topological polar surface area (TPSA) is 157 Å². The summed E-state index contributed by atoms with van der Waals surface area (Å²) in [6.07, 6.45) is -7.75. The third kappa shape index (κ3) is 3.89. The van der Waals surface area contributed by atoms with Crippen molar-refractivity contribution in [1.82, 2.24) is 0 Å². The third-order valence-electron chi connectivity index (χ3n) is 3.48. The Bertz CT molecular complexity index is 559. The van der Waals surface area contributed by atoms with Gasteiger partial charge in [0.15, 0.2) is 0 Å². The standard InChI is InChI=1S/C14H18O9/c15-5-9-11(19)12(20)13(21)14(23-9)22-8-2-1-7(16)3-6(8)4-10(17)18/h1-3,9,11-16,19-21H,4-5H2,(H,17,18)/t9-,11-,12+,13-,14?/m1/s1. The molecule has 0 amide bonds. The molecule has 0 aromatic heterocycles. The molecule has 1 aliphatic rings. The quantitative estimate of drug-likeness (QED) is 0.366. The van der Waals surface area contributed by atoms with Crippen molar-refractivity contribution in [2.75, 3.05) is 6.61 Å². The molecular formula is C14H18O9. The Morgan fingerprint density at radius 1 is 1.17 bits per heavy atom. The van der Waals surface area contributed by atoms with E-state index in [0.29, 0.717) is 0 Å². The monoisotopic (exact) mass is 330 g/mol. The molecule has 9 heteroatoms. The molecule has 1 unspecified atom stereocenters. The Morgan fingerprint density at radius 2 is 1.87 bits per heavy atom. The number of hydrogen-bond acceptors (Lipinski definition) is 8. The van der Waals surface area contributed by atoms with E-state index in [1.165, 1.54) is 18.2 Å². The number of carboxylic acid groups (broad SMARTS) is 1. The summed E-state index contributed by atoms with van der Waals surface area (Å²) in [7, 11) is 0. The zero-order valence-electron chi connectivity index (χ0n) is 11.9. The number of phenols is 1. The van der Waals surface area contributed by atoms with Crippen molar-refractivity contribution >= 4 is 5.97 Å². The van der Waals surface area contributed by atoms with Crippen molar-refractivity contribution in [3.8, 4) is 11.5 Å². The largest absolute Gasteiger partial charge is 0.508 e. The first kappa shape index (κ1) is 17.4. The van der Waals surface area contributed by atoms with Gasteiger partial charge < -0.3 is 40.1 Å². The fourth-order valence-electron chi connectivity index (χ4n) is 2.27. The van der Waals surface area contributed by atoms with Crippen molar-refractivity contribution < 1.29 is 44.9 Å². The Hall–Kier alpha value is -1.91. The van der Waals surface area contributed by atoms with Gasteiger partial charge in [-0.15, -0.1) is 0 Å². The van der Waals surface area contributed by atoms with E-state index in [1.54, 1.807) is 0 Å². The minimum Gasteiger partial charge on any atom is -0.508 e. The van der Waals surface area contributed by atoms with Crippen molar-refractivity contribution in [1.29, 1.82) is 0 Å². The van der Waals surface area contributed by atoms with E-state index in [4.69, 9.17) is 19.7 Å². The van der Waals surface area contributed by atoms with Crippen LogP contribution < -0.4 is 4.74 Å². The van der Waals surface area contributed by atoms with Crippen LogP contribution in [0.25, 0.3) is 0 Å². The molecule has 1 aromatic carbocycles. The Kier molecular flexibility index (Phi) is 5.39. The molecule has 0 aliphatic carbocycles. The molecule has 0 radical (unpaired) electrons. The summed E-state index contributed by atoms with van der Waals surface area (Å²) in [6, 6.07) is 3.73. The second kappa shape index (κ2) is 7.11. The van der Waals surface area contributed by atoms with Crippen LogP contribution in [-0.2, 0) is 16.0 Å². The van der Waals surface area contributed by atoms with Crippen LogP contribution in [-0.4, -0.2) is 73.9 Å². The molecule has 1 fully saturated rings. The number of carboxylic acids is 1. The SMILES string of the molecule is O=C(O)Cc1cc(O)ccc1OC1O[C@H](CO)[C@@H](O)[C@H](O)[C@H]1O. The highest BCUT2D eigenvalue weighted by molar-refractivity contribution is 5.71. The normalized spacial score (nSPS) is 30.9. The van der Waals surface area contributed by atoms with Crippen LogP contribution in [0.3, 0.4) is 0 Å². The third-order valence-corrected chi connectivity index (χ3v) is 3.48. The Labute approximate surface area is 130 Å². The zero-order valence-corrected chi connectivity index (χ0v) is 11.9. The Balaban J connectivity index is 2.22. The second-order valence-electron chi connectivity index (χ2n) is 5.18. The number of rotatable bonds is 5. The van der Waals surface area contributed by atoms with Crippen LogP contribution in [0.5, 0.6) is 11.5 Å². The van der Waals surface area contributed by atoms with Crippen LogP contribution in [0.2, 0.25) is 0 Å². The predicted molar refractivity (Wildman–Crippen MR) is 73.8 cm³/mol. The Morgan fingerprint density at radius 3 is 2.48 bits per heavy atom. The molecular weight excluding hydrogens is 312 g/mol. The molecule has 6 N–H and O–H groups in total. The van der Waals surface area contributed by atoms with Crippen molar-refractivity contribution in [3.05, 3.63) is 23.8 Å². The van der Waals surface area contributed by atoms with Gasteiger partial charge >= 0.3 is 5.97 Å². The summed E-state index contributed by atoms with van der Waals surface area (Å²) in [4.78, 5) is 10.9. The summed E-state index contributed by atoms with van der Waals surface area (Å²) in [5.74, 6) is -1.30. The van der Waals surface area contributed by atoms with Crippen LogP contribution in [0, 0.1) is 0 Å². The number of aliphatic hydroxyl groups excluding tert-OH is 4. The highest BCUT2D eigenvalue weighted by atomic mass is 16.7. The van der Waals surface area contributed by atoms with Gasteiger partial charge in [-0.2, -0.15) is 0 Å². The average molecular weight is 330 g/mol. The molecule has 2 rings (SSSR count). The lowest BCUT2D eigenvalue weighted by atomic mass is 9.99. The van der Waals surface area contributed by atoms with E-state index < -0.39 is 49.7 Å². The van der Waals surface area contributed by atoms with Gasteiger partial charge in [0.2, 0.25) is 6.29 Å². The molecule has 9 nitrogen and oxygen atoms in total. The van der Waals surface area contributed by atoms with Gasteiger partial charge in [0.25, 0.3) is 0 Å². The molecule has 0 saturated carbocycles. The lowest BCUT2D eigenvalue weighted by Crippen LogP contribution is -2.60. The fraction of sp³-hybridized carbons (Fsp3) is 0.500. The lowest BCUT2D eigenvalue weighted by molar-refractivity contribution is -0.277. The minimum absolute atomic E-state index is 0.0227. The minimum atomic E-state index is -1.61. The van der Waals surface area contributed by atoms with Gasteiger partial charge in [0.05, 0.1) is 13.0 Å². The van der Waals surface area contributed by atoms with E-state index in [9.17, 15) is 25.2 Å². The maximum absolute atomic E-state index is 10.9. The van der Waals surface area contributed by atoms with Gasteiger partial charge in [-0.3, -0.25) is 4.79 Å². The first-order valence-electron chi connectivity index (χ1n) is 6.84. The molecule has 1 aromatic rings. The highest BCUT2D eigenvalue weighted by Crippen LogP contribution is 2.29. The molecule has 128 valence electrons. The van der Waals surface area contributed by atoms with Gasteiger partial charge in [-0.05, 0) is 18.2 Å². The summed E-state index contributed by atoms with van der Waals surface area (Å²) < 4.78 is 10.6. The molecule has 1 aliphatic heterocycles. The van der Waals surface area contributed by atoms with E-state index in [2.05, 4.69) is 0 Å². The van der Waals surface area contributed by atoms with Crippen LogP contribution in [0.4, 0.5) is 0 Å². The number of benzene rings is 1. The van der Waals surface area contributed by atoms with Crippen LogP contribution in [0.1, 0.15) is 5.56 Å². The number of phenolic OH excluding ortho intramolecular Hbond substituents is 1. The first-order chi connectivity index (χ1) is 10.8. The predicted octanol–water partition coefficient (Wildman–Crippen LogP) is -1.80. The second-order valence-corrected chi connectivity index (χ2v) is 5.18. The van der Waals surface area contributed by atoms with Gasteiger partial charge in [-0.1, -0.05) is 0 Å². The van der Waals surface area contributed by atoms with Crippen LogP contribution >= 0.6 is 0 Å². The molecule has 1 saturated heterocycles. The number of aliphatic carboxylic acids is 1. The summed E-state index contributed by atoms with van der Waals surface area (Å²) in [5.41, 5.74) is 0.134. The van der Waals surface area contributed by atoms with E-state index in [-0.39, 0.29) is 17.1 Å². The van der Waals surface area contributed by atoms with Crippen molar-refractivity contribution in [2.45, 2.75) is 37.1 Å². The van der Waals surface area contributed by atoms with Crippen molar-refractivity contribution in [2.24, 2.45) is 0 Å². The number of aromatic hydroxyl groups is 1. The summed E-state index contributed by atoms with van der Waals surface area (Å²) in [5, 5.41) is 56.7. The highest BCUT2D eigenvalue weighted by Gasteiger charge is 2.44. The number of hydrogen-bond donors (Lipinski definition) is 6. The molecule has 23 heavy (non-hydrogen) atoms. The smallest absolute Gasteiger partial charge is 0.307 e. The lowest BCUT2D eigenvalue weighted by Gasteiger charge is -2.39. The van der Waals surface area contributed by atoms with Gasteiger partial charge in [0, 0.05) is 5.56 Å². The summed E-state index contributed by atoms with van der Waals surface area (Å²) >= 11 is 0. The maximum atomic E-state index is 10.9. The van der Waals surface area contributed by atoms with E-state index in [0.717, 1.165) is 0 Å².